The van der Waals surface area contributed by atoms with Gasteiger partial charge in [-0.3, -0.25) is 4.90 Å². The molecule has 0 bridgehead atoms. The van der Waals surface area contributed by atoms with Crippen molar-refractivity contribution in [1.29, 1.82) is 0 Å². The van der Waals surface area contributed by atoms with Crippen molar-refractivity contribution >= 4 is 45.0 Å². The topological polar surface area (TPSA) is 107 Å². The van der Waals surface area contributed by atoms with Gasteiger partial charge in [-0.25, -0.2) is 22.5 Å². The second-order valence-electron chi connectivity index (χ2n) is 11.5. The molecular weight excluding hydrogens is 665 g/mol. The average Bonchev–Trinajstić information content (AvgIpc) is 3.43. The van der Waals surface area contributed by atoms with E-state index in [-0.39, 0.29) is 30.8 Å². The van der Waals surface area contributed by atoms with E-state index < -0.39 is 27.6 Å². The lowest BCUT2D eigenvalue weighted by Crippen LogP contribution is -2.48. The zero-order valence-corrected chi connectivity index (χ0v) is 29.1. The van der Waals surface area contributed by atoms with Crippen LogP contribution in [0.1, 0.15) is 43.5 Å². The van der Waals surface area contributed by atoms with E-state index >= 15 is 0 Å². The molecule has 0 saturated carbocycles. The minimum Gasteiger partial charge on any atom is -0.497 e. The van der Waals surface area contributed by atoms with Gasteiger partial charge in [0.1, 0.15) is 17.5 Å². The number of hydrogen-bond donors (Lipinski definition) is 0. The Bertz CT molecular complexity index is 1700. The number of carbonyl (C=O) groups excluding carboxylic acids is 1. The van der Waals surface area contributed by atoms with Crippen molar-refractivity contribution in [3.8, 4) is 11.5 Å². The molecule has 0 aromatic heterocycles. The first-order valence-corrected chi connectivity index (χ1v) is 17.8. The molecular formula is C34H39Cl2N3O7S. The van der Waals surface area contributed by atoms with Gasteiger partial charge in [-0.05, 0) is 68.3 Å². The maximum Gasteiger partial charge on any atom is 0.341 e. The first-order valence-electron chi connectivity index (χ1n) is 15.5. The SMILES string of the molecule is CCOC(=O)[C@]1(c2ccc(Cl)cc2)N=C(c2ccc(OC)cc2OC(C)C)N(S(=O)(=O)CCN2CCOCC2)[C@H]1c1ccc(Cl)cc1. The van der Waals surface area contributed by atoms with E-state index in [0.717, 1.165) is 0 Å². The number of sulfonamides is 1. The van der Waals surface area contributed by atoms with Crippen molar-refractivity contribution < 1.29 is 32.2 Å². The highest BCUT2D eigenvalue weighted by molar-refractivity contribution is 7.89. The number of nitrogens with zero attached hydrogens (tertiary/aromatic N) is 3. The second kappa shape index (κ2) is 14.8. The van der Waals surface area contributed by atoms with Crippen molar-refractivity contribution in [2.24, 2.45) is 4.99 Å². The second-order valence-corrected chi connectivity index (χ2v) is 14.3. The molecule has 3 aromatic carbocycles. The molecule has 2 heterocycles. The van der Waals surface area contributed by atoms with Gasteiger partial charge in [0.05, 0.1) is 44.4 Å². The largest absolute Gasteiger partial charge is 0.497 e. The lowest BCUT2D eigenvalue weighted by Gasteiger charge is -2.37. The van der Waals surface area contributed by atoms with Gasteiger partial charge in [0.15, 0.2) is 5.84 Å². The number of ether oxygens (including phenoxy) is 4. The van der Waals surface area contributed by atoms with Crippen LogP contribution in [0.4, 0.5) is 0 Å². The molecule has 2 atom stereocenters. The zero-order valence-electron chi connectivity index (χ0n) is 26.8. The van der Waals surface area contributed by atoms with Crippen LogP contribution in [0.15, 0.2) is 71.7 Å². The van der Waals surface area contributed by atoms with Crippen LogP contribution in [0.2, 0.25) is 10.0 Å². The number of amidine groups is 1. The van der Waals surface area contributed by atoms with E-state index in [1.165, 1.54) is 11.4 Å². The lowest BCUT2D eigenvalue weighted by molar-refractivity contribution is -0.151. The van der Waals surface area contributed by atoms with Crippen LogP contribution in [0, 0.1) is 0 Å². The van der Waals surface area contributed by atoms with Crippen LogP contribution in [0.5, 0.6) is 11.5 Å². The summed E-state index contributed by atoms with van der Waals surface area (Å²) in [6, 6.07) is 17.2. The Morgan fingerprint density at radius 2 is 1.66 bits per heavy atom. The summed E-state index contributed by atoms with van der Waals surface area (Å²) in [5.41, 5.74) is -0.604. The van der Waals surface area contributed by atoms with Crippen LogP contribution >= 0.6 is 23.2 Å². The zero-order chi connectivity index (χ0) is 33.8. The molecule has 1 saturated heterocycles. The molecule has 2 aliphatic heterocycles. The summed E-state index contributed by atoms with van der Waals surface area (Å²) in [4.78, 5) is 21.6. The van der Waals surface area contributed by atoms with Gasteiger partial charge < -0.3 is 18.9 Å². The standard InChI is InChI=1S/C34H39Cl2N3O7S/c1-5-45-33(40)34(25-8-12-27(36)13-9-25)31(24-6-10-26(35)11-7-24)39(47(41,42)21-18-38-16-19-44-20-17-38)32(37-34)29-15-14-28(43-4)22-30(29)46-23(2)3/h6-15,22-23,31H,5,16-21H2,1-4H3/t31-,34+/m0/s1. The number of halogens is 2. The Morgan fingerprint density at radius 1 is 1.02 bits per heavy atom. The first-order chi connectivity index (χ1) is 22.5. The molecule has 252 valence electrons. The van der Waals surface area contributed by atoms with Crippen LogP contribution in [0.25, 0.3) is 0 Å². The minimum atomic E-state index is -4.19. The fourth-order valence-corrected chi connectivity index (χ4v) is 7.77. The fourth-order valence-electron chi connectivity index (χ4n) is 5.84. The molecule has 1 fully saturated rings. The van der Waals surface area contributed by atoms with E-state index in [0.29, 0.717) is 64.5 Å². The van der Waals surface area contributed by atoms with E-state index in [1.54, 1.807) is 73.7 Å². The number of hydrogen-bond acceptors (Lipinski definition) is 9. The molecule has 5 rings (SSSR count). The number of methoxy groups -OCH3 is 1. The van der Waals surface area contributed by atoms with Crippen LogP contribution in [-0.4, -0.2) is 87.8 Å². The molecule has 0 spiro atoms. The summed E-state index contributed by atoms with van der Waals surface area (Å²) in [6.07, 6.45) is -0.271. The van der Waals surface area contributed by atoms with Crippen molar-refractivity contribution in [2.75, 3.05) is 52.3 Å². The summed E-state index contributed by atoms with van der Waals surface area (Å²) in [5, 5.41) is 0.890. The predicted molar refractivity (Wildman–Crippen MR) is 182 cm³/mol. The van der Waals surface area contributed by atoms with Gasteiger partial charge in [0.2, 0.25) is 15.6 Å². The Labute approximate surface area is 286 Å². The van der Waals surface area contributed by atoms with Crippen LogP contribution in [0.3, 0.4) is 0 Å². The summed E-state index contributed by atoms with van der Waals surface area (Å²) < 4.78 is 53.8. The normalized spacial score (nSPS) is 20.3. The van der Waals surface area contributed by atoms with Gasteiger partial charge in [-0.15, -0.1) is 0 Å². The molecule has 0 amide bonds. The Kier molecular flexibility index (Phi) is 11.0. The molecule has 0 radical (unpaired) electrons. The third-order valence-corrected chi connectivity index (χ3v) is 10.2. The van der Waals surface area contributed by atoms with Crippen LogP contribution < -0.4 is 9.47 Å². The monoisotopic (exact) mass is 703 g/mol. The summed E-state index contributed by atoms with van der Waals surface area (Å²) in [7, 11) is -2.66. The van der Waals surface area contributed by atoms with Crippen molar-refractivity contribution in [1.82, 2.24) is 9.21 Å². The average molecular weight is 705 g/mol. The quantitative estimate of drug-likeness (QED) is 0.221. The maximum atomic E-state index is 14.8. The summed E-state index contributed by atoms with van der Waals surface area (Å²) in [6.45, 7) is 7.99. The summed E-state index contributed by atoms with van der Waals surface area (Å²) in [5.74, 6) is -0.0734. The van der Waals surface area contributed by atoms with Gasteiger partial charge in [0, 0.05) is 35.7 Å². The third kappa shape index (κ3) is 7.39. The predicted octanol–water partition coefficient (Wildman–Crippen LogP) is 5.71. The minimum absolute atomic E-state index is 0.0354. The molecule has 10 nitrogen and oxygen atoms in total. The molecule has 0 N–H and O–H groups in total. The maximum absolute atomic E-state index is 14.8. The van der Waals surface area contributed by atoms with Gasteiger partial charge >= 0.3 is 5.97 Å². The fraction of sp³-hybridized carbons (Fsp3) is 0.412. The molecule has 2 aliphatic rings. The number of morpholine rings is 1. The molecule has 0 aliphatic carbocycles. The van der Waals surface area contributed by atoms with E-state index in [4.69, 9.17) is 47.1 Å². The molecule has 13 heteroatoms. The van der Waals surface area contributed by atoms with Crippen molar-refractivity contribution in [2.45, 2.75) is 38.5 Å². The van der Waals surface area contributed by atoms with Crippen molar-refractivity contribution in [3.63, 3.8) is 0 Å². The molecule has 3 aromatic rings. The number of aliphatic imine (C=N–C) groups is 1. The molecule has 0 unspecified atom stereocenters. The lowest BCUT2D eigenvalue weighted by atomic mass is 9.80. The van der Waals surface area contributed by atoms with E-state index in [9.17, 15) is 13.2 Å². The highest BCUT2D eigenvalue weighted by Crippen LogP contribution is 2.52. The van der Waals surface area contributed by atoms with Gasteiger partial charge in [-0.2, -0.15) is 0 Å². The molecule has 47 heavy (non-hydrogen) atoms. The van der Waals surface area contributed by atoms with Crippen LogP contribution in [-0.2, 0) is 29.8 Å². The number of esters is 1. The number of rotatable bonds is 12. The first kappa shape index (κ1) is 35.0. The Morgan fingerprint density at radius 3 is 2.26 bits per heavy atom. The highest BCUT2D eigenvalue weighted by atomic mass is 35.5. The smallest absolute Gasteiger partial charge is 0.341 e. The Balaban J connectivity index is 1.81. The van der Waals surface area contributed by atoms with E-state index in [1.807, 2.05) is 18.7 Å². The Hall–Kier alpha value is -3.35. The highest BCUT2D eigenvalue weighted by Gasteiger charge is 2.60. The number of benzene rings is 3. The van der Waals surface area contributed by atoms with Crippen molar-refractivity contribution in [3.05, 3.63) is 93.5 Å². The number of carbonyl (C=O) groups is 1. The van der Waals surface area contributed by atoms with Gasteiger partial charge in [0.25, 0.3) is 0 Å². The van der Waals surface area contributed by atoms with E-state index in [2.05, 4.69) is 0 Å². The summed E-state index contributed by atoms with van der Waals surface area (Å²) >= 11 is 12.6. The third-order valence-electron chi connectivity index (χ3n) is 8.04. The van der Waals surface area contributed by atoms with Gasteiger partial charge in [-0.1, -0.05) is 47.5 Å².